The Morgan fingerprint density at radius 3 is 2.68 bits per heavy atom. The van der Waals surface area contributed by atoms with Gasteiger partial charge >= 0.3 is 0 Å². The van der Waals surface area contributed by atoms with Crippen LogP contribution in [0.15, 0.2) is 23.2 Å². The molecule has 0 spiro atoms. The highest BCUT2D eigenvalue weighted by Crippen LogP contribution is 2.32. The molecule has 1 aromatic carbocycles. The molecule has 2 N–H and O–H groups in total. The van der Waals surface area contributed by atoms with E-state index in [1.54, 1.807) is 6.07 Å². The topological polar surface area (TPSA) is 39.7 Å². The predicted molar refractivity (Wildman–Crippen MR) is 127 cm³/mol. The van der Waals surface area contributed by atoms with Gasteiger partial charge in [0.25, 0.3) is 0 Å². The summed E-state index contributed by atoms with van der Waals surface area (Å²) in [5.74, 6) is 1.22. The molecular weight excluding hydrogens is 490 g/mol. The van der Waals surface area contributed by atoms with Gasteiger partial charge in [0, 0.05) is 36.1 Å². The molecular formula is C21H33ClFIN4. The lowest BCUT2D eigenvalue weighted by molar-refractivity contribution is 0.314. The van der Waals surface area contributed by atoms with Gasteiger partial charge < -0.3 is 15.5 Å². The highest BCUT2D eigenvalue weighted by molar-refractivity contribution is 14.0. The normalized spacial score (nSPS) is 20.8. The first-order valence-corrected chi connectivity index (χ1v) is 10.5. The van der Waals surface area contributed by atoms with Gasteiger partial charge in [-0.1, -0.05) is 31.5 Å². The summed E-state index contributed by atoms with van der Waals surface area (Å²) in [6.07, 6.45) is 4.02. The summed E-state index contributed by atoms with van der Waals surface area (Å²) in [5.41, 5.74) is 0.643. The number of hydrogen-bond acceptors (Lipinski definition) is 2. The summed E-state index contributed by atoms with van der Waals surface area (Å²) < 4.78 is 13.3. The minimum atomic E-state index is -0.310. The minimum absolute atomic E-state index is 0. The van der Waals surface area contributed by atoms with Crippen molar-refractivity contribution in [3.8, 4) is 0 Å². The highest BCUT2D eigenvalue weighted by atomic mass is 127. The second kappa shape index (κ2) is 10.4. The van der Waals surface area contributed by atoms with Crippen LogP contribution < -0.4 is 10.6 Å². The van der Waals surface area contributed by atoms with Crippen LogP contribution in [-0.2, 0) is 5.41 Å². The SMILES string of the molecule is CCNC(=NCC(C)(C)c1ccc(F)cc1Cl)NCC1CCN(C2CC2)C1.I. The van der Waals surface area contributed by atoms with Crippen LogP contribution in [0.1, 0.15) is 45.6 Å². The number of nitrogens with zero attached hydrogens (tertiary/aromatic N) is 2. The molecule has 7 heteroatoms. The van der Waals surface area contributed by atoms with Gasteiger partial charge in [-0.15, -0.1) is 24.0 Å². The van der Waals surface area contributed by atoms with E-state index in [0.717, 1.165) is 30.7 Å². The molecule has 1 aliphatic heterocycles. The molecule has 1 saturated heterocycles. The molecule has 0 amide bonds. The molecule has 0 bridgehead atoms. The Labute approximate surface area is 190 Å². The Kier molecular flexibility index (Phi) is 8.82. The molecule has 1 unspecified atom stereocenters. The predicted octanol–water partition coefficient (Wildman–Crippen LogP) is 4.41. The smallest absolute Gasteiger partial charge is 0.191 e. The van der Waals surface area contributed by atoms with E-state index in [2.05, 4.69) is 36.3 Å². The van der Waals surface area contributed by atoms with Crippen LogP contribution >= 0.6 is 35.6 Å². The van der Waals surface area contributed by atoms with Crippen molar-refractivity contribution in [1.29, 1.82) is 0 Å². The third-order valence-corrected chi connectivity index (χ3v) is 5.89. The lowest BCUT2D eigenvalue weighted by Crippen LogP contribution is -2.41. The number of rotatable bonds is 7. The van der Waals surface area contributed by atoms with E-state index in [1.807, 2.05) is 0 Å². The van der Waals surface area contributed by atoms with Crippen LogP contribution in [0.25, 0.3) is 0 Å². The Balaban J connectivity index is 0.00000280. The lowest BCUT2D eigenvalue weighted by atomic mass is 9.84. The van der Waals surface area contributed by atoms with Crippen molar-refractivity contribution < 1.29 is 4.39 Å². The fourth-order valence-electron chi connectivity index (χ4n) is 3.78. The third kappa shape index (κ3) is 6.46. The number of guanidine groups is 1. The zero-order valence-corrected chi connectivity index (χ0v) is 20.2. The Morgan fingerprint density at radius 2 is 2.04 bits per heavy atom. The zero-order chi connectivity index (χ0) is 19.4. The highest BCUT2D eigenvalue weighted by Gasteiger charge is 2.34. The summed E-state index contributed by atoms with van der Waals surface area (Å²) in [5, 5.41) is 7.30. The van der Waals surface area contributed by atoms with Crippen molar-refractivity contribution in [2.24, 2.45) is 10.9 Å². The van der Waals surface area contributed by atoms with Crippen LogP contribution in [-0.4, -0.2) is 49.6 Å². The summed E-state index contributed by atoms with van der Waals surface area (Å²) in [7, 11) is 0. The van der Waals surface area contributed by atoms with E-state index >= 15 is 0 Å². The first-order chi connectivity index (χ1) is 12.9. The average Bonchev–Trinajstić information content (AvgIpc) is 3.35. The van der Waals surface area contributed by atoms with E-state index in [1.165, 1.54) is 44.5 Å². The summed E-state index contributed by atoms with van der Waals surface area (Å²) in [6, 6.07) is 5.45. The first kappa shape index (κ1) is 23.7. The van der Waals surface area contributed by atoms with Gasteiger partial charge in [-0.25, -0.2) is 4.39 Å². The van der Waals surface area contributed by atoms with E-state index in [9.17, 15) is 4.39 Å². The maximum absolute atomic E-state index is 13.3. The van der Waals surface area contributed by atoms with Gasteiger partial charge in [0.2, 0.25) is 0 Å². The molecule has 1 aliphatic carbocycles. The van der Waals surface area contributed by atoms with Crippen molar-refractivity contribution in [1.82, 2.24) is 15.5 Å². The molecule has 1 aromatic rings. The molecule has 0 radical (unpaired) electrons. The van der Waals surface area contributed by atoms with Gasteiger partial charge in [-0.3, -0.25) is 4.99 Å². The second-order valence-electron chi connectivity index (χ2n) is 8.46. The quantitative estimate of drug-likeness (QED) is 0.317. The molecule has 2 aliphatic rings. The summed E-state index contributed by atoms with van der Waals surface area (Å²) in [4.78, 5) is 7.42. The molecule has 28 heavy (non-hydrogen) atoms. The van der Waals surface area contributed by atoms with Crippen molar-refractivity contribution >= 4 is 41.5 Å². The van der Waals surface area contributed by atoms with Crippen LogP contribution in [0.4, 0.5) is 4.39 Å². The maximum Gasteiger partial charge on any atom is 0.191 e. The molecule has 158 valence electrons. The molecule has 0 aromatic heterocycles. The number of aliphatic imine (C=N–C) groups is 1. The average molecular weight is 523 g/mol. The number of likely N-dealkylation sites (tertiary alicyclic amines) is 1. The molecule has 1 heterocycles. The van der Waals surface area contributed by atoms with Gasteiger partial charge in [0.1, 0.15) is 5.82 Å². The molecule has 1 saturated carbocycles. The third-order valence-electron chi connectivity index (χ3n) is 5.58. The molecule has 4 nitrogen and oxygen atoms in total. The summed E-state index contributed by atoms with van der Waals surface area (Å²) >= 11 is 6.26. The monoisotopic (exact) mass is 522 g/mol. The van der Waals surface area contributed by atoms with Crippen molar-refractivity contribution in [3.63, 3.8) is 0 Å². The Bertz CT molecular complexity index is 678. The number of benzene rings is 1. The Morgan fingerprint density at radius 1 is 1.29 bits per heavy atom. The van der Waals surface area contributed by atoms with Gasteiger partial charge in [0.15, 0.2) is 5.96 Å². The molecule has 1 atom stereocenters. The fourth-order valence-corrected chi connectivity index (χ4v) is 4.21. The largest absolute Gasteiger partial charge is 0.357 e. The zero-order valence-electron chi connectivity index (χ0n) is 17.1. The van der Waals surface area contributed by atoms with Crippen LogP contribution in [0.3, 0.4) is 0 Å². The molecule has 3 rings (SSSR count). The first-order valence-electron chi connectivity index (χ1n) is 10.1. The number of hydrogen-bond donors (Lipinski definition) is 2. The van der Waals surface area contributed by atoms with E-state index < -0.39 is 0 Å². The second-order valence-corrected chi connectivity index (χ2v) is 8.87. The Hall–Kier alpha value is -0.600. The van der Waals surface area contributed by atoms with Crippen LogP contribution in [0, 0.1) is 11.7 Å². The van der Waals surface area contributed by atoms with Gasteiger partial charge in [-0.05, 0) is 56.3 Å². The van der Waals surface area contributed by atoms with Crippen LogP contribution in [0.2, 0.25) is 5.02 Å². The number of nitrogens with one attached hydrogen (secondary N) is 2. The van der Waals surface area contributed by atoms with Gasteiger partial charge in [0.05, 0.1) is 6.54 Å². The van der Waals surface area contributed by atoms with E-state index in [-0.39, 0.29) is 35.2 Å². The minimum Gasteiger partial charge on any atom is -0.357 e. The number of halogens is 3. The van der Waals surface area contributed by atoms with Crippen molar-refractivity contribution in [3.05, 3.63) is 34.6 Å². The fraction of sp³-hybridized carbons (Fsp3) is 0.667. The van der Waals surface area contributed by atoms with E-state index in [4.69, 9.17) is 16.6 Å². The van der Waals surface area contributed by atoms with Crippen molar-refractivity contribution in [2.45, 2.75) is 51.5 Å². The van der Waals surface area contributed by atoms with Gasteiger partial charge in [-0.2, -0.15) is 0 Å². The van der Waals surface area contributed by atoms with Crippen LogP contribution in [0.5, 0.6) is 0 Å². The molecule has 2 fully saturated rings. The lowest BCUT2D eigenvalue weighted by Gasteiger charge is -2.25. The van der Waals surface area contributed by atoms with Crippen molar-refractivity contribution in [2.75, 3.05) is 32.7 Å². The maximum atomic E-state index is 13.3. The van der Waals surface area contributed by atoms with E-state index in [0.29, 0.717) is 17.5 Å². The summed E-state index contributed by atoms with van der Waals surface area (Å²) in [6.45, 7) is 11.0. The standard InChI is InChI=1S/C21H32ClFN4.HI/c1-4-24-20(25-12-15-9-10-27(13-15)17-6-7-17)26-14-21(2,3)18-8-5-16(23)11-19(18)22;/h5,8,11,15,17H,4,6-7,9-10,12-14H2,1-3H3,(H2,24,25,26);1H.